The fraction of sp³-hybridized carbons (Fsp3) is 0.258. The summed E-state index contributed by atoms with van der Waals surface area (Å²) in [6, 6.07) is 17.5. The van der Waals surface area contributed by atoms with Crippen LogP contribution >= 0.6 is 0 Å². The van der Waals surface area contributed by atoms with Gasteiger partial charge in [-0.1, -0.05) is 59.8 Å². The lowest BCUT2D eigenvalue weighted by atomic mass is 9.74. The topological polar surface area (TPSA) is 111 Å². The van der Waals surface area contributed by atoms with Gasteiger partial charge in [0.2, 0.25) is 0 Å². The van der Waals surface area contributed by atoms with Gasteiger partial charge in [-0.05, 0) is 55.5 Å². The van der Waals surface area contributed by atoms with Gasteiger partial charge in [0.15, 0.2) is 5.76 Å². The summed E-state index contributed by atoms with van der Waals surface area (Å²) >= 11 is 0. The maximum Gasteiger partial charge on any atom is 0.412 e. The highest BCUT2D eigenvalue weighted by atomic mass is 19.1. The third kappa shape index (κ3) is 5.55. The maximum absolute atomic E-state index is 15.4. The number of aryl methyl sites for hydroxylation is 1. The van der Waals surface area contributed by atoms with Crippen molar-refractivity contribution in [3.8, 4) is 22.5 Å². The molecule has 1 aliphatic rings. The van der Waals surface area contributed by atoms with Crippen molar-refractivity contribution in [1.29, 1.82) is 0 Å². The van der Waals surface area contributed by atoms with Crippen molar-refractivity contribution in [1.82, 2.24) is 5.16 Å². The van der Waals surface area contributed by atoms with Crippen LogP contribution < -0.4 is 5.32 Å². The second-order valence-electron chi connectivity index (χ2n) is 9.94. The SMILES string of the molecule is Cc1noc(-c2cc(F)c(-c3ccc(C4(C(=O)O)CCOCC4)cc3)cc2F)c1NC(=O)O[C@H](C)c1ccccc1. The first-order valence-electron chi connectivity index (χ1n) is 13.1. The number of amides is 1. The van der Waals surface area contributed by atoms with Crippen LogP contribution in [0.1, 0.15) is 42.7 Å². The molecule has 0 unspecified atom stereocenters. The van der Waals surface area contributed by atoms with Gasteiger partial charge in [-0.15, -0.1) is 0 Å². The number of carboxylic acids is 1. The van der Waals surface area contributed by atoms with E-state index in [2.05, 4.69) is 10.5 Å². The van der Waals surface area contributed by atoms with Crippen molar-refractivity contribution in [2.45, 2.75) is 38.2 Å². The number of hydrogen-bond donors (Lipinski definition) is 2. The molecule has 1 fully saturated rings. The van der Waals surface area contributed by atoms with Crippen molar-refractivity contribution in [3.63, 3.8) is 0 Å². The highest BCUT2D eigenvalue weighted by Gasteiger charge is 2.41. The molecule has 41 heavy (non-hydrogen) atoms. The third-order valence-electron chi connectivity index (χ3n) is 7.45. The van der Waals surface area contributed by atoms with Crippen molar-refractivity contribution in [3.05, 3.63) is 95.2 Å². The van der Waals surface area contributed by atoms with E-state index in [0.717, 1.165) is 17.7 Å². The van der Waals surface area contributed by atoms with Crippen LogP contribution in [0.4, 0.5) is 19.3 Å². The van der Waals surface area contributed by atoms with E-state index in [1.54, 1.807) is 38.1 Å². The molecule has 1 aromatic heterocycles. The first kappa shape index (κ1) is 28.0. The third-order valence-corrected chi connectivity index (χ3v) is 7.45. The van der Waals surface area contributed by atoms with E-state index in [4.69, 9.17) is 14.0 Å². The van der Waals surface area contributed by atoms with E-state index < -0.39 is 35.2 Å². The van der Waals surface area contributed by atoms with Crippen LogP contribution in [0.2, 0.25) is 0 Å². The lowest BCUT2D eigenvalue weighted by Gasteiger charge is -2.33. The van der Waals surface area contributed by atoms with Gasteiger partial charge in [-0.2, -0.15) is 0 Å². The molecule has 5 rings (SSSR count). The summed E-state index contributed by atoms with van der Waals surface area (Å²) in [5.74, 6) is -2.65. The molecule has 3 aromatic carbocycles. The molecule has 2 N–H and O–H groups in total. The van der Waals surface area contributed by atoms with Gasteiger partial charge in [0, 0.05) is 18.8 Å². The Morgan fingerprint density at radius 3 is 2.29 bits per heavy atom. The normalized spacial score (nSPS) is 15.2. The second-order valence-corrected chi connectivity index (χ2v) is 9.94. The van der Waals surface area contributed by atoms with Gasteiger partial charge in [-0.3, -0.25) is 10.1 Å². The average molecular weight is 563 g/mol. The number of hydrogen-bond acceptors (Lipinski definition) is 6. The minimum atomic E-state index is -1.09. The van der Waals surface area contributed by atoms with Crippen LogP contribution in [0.5, 0.6) is 0 Å². The van der Waals surface area contributed by atoms with Crippen molar-refractivity contribution in [2.75, 3.05) is 18.5 Å². The zero-order chi connectivity index (χ0) is 29.1. The molecule has 8 nitrogen and oxygen atoms in total. The minimum absolute atomic E-state index is 0.0176. The lowest BCUT2D eigenvalue weighted by Crippen LogP contribution is -2.41. The number of nitrogens with zero attached hydrogens (tertiary/aromatic N) is 1. The number of anilines is 1. The molecule has 0 bridgehead atoms. The summed E-state index contributed by atoms with van der Waals surface area (Å²) in [7, 11) is 0. The molecule has 2 heterocycles. The van der Waals surface area contributed by atoms with E-state index in [9.17, 15) is 14.7 Å². The Kier molecular flexibility index (Phi) is 7.85. The number of halogens is 2. The molecule has 0 radical (unpaired) electrons. The van der Waals surface area contributed by atoms with Gasteiger partial charge >= 0.3 is 12.1 Å². The molecule has 212 valence electrons. The summed E-state index contributed by atoms with van der Waals surface area (Å²) in [5, 5.41) is 16.3. The van der Waals surface area contributed by atoms with Gasteiger partial charge in [-0.25, -0.2) is 13.6 Å². The van der Waals surface area contributed by atoms with Crippen LogP contribution in [0.25, 0.3) is 22.5 Å². The fourth-order valence-corrected chi connectivity index (χ4v) is 5.04. The van der Waals surface area contributed by atoms with Crippen LogP contribution in [0.15, 0.2) is 71.3 Å². The number of carbonyl (C=O) groups is 2. The van der Waals surface area contributed by atoms with Crippen molar-refractivity contribution < 1.29 is 37.5 Å². The average Bonchev–Trinajstić information content (AvgIpc) is 3.33. The van der Waals surface area contributed by atoms with Crippen LogP contribution in [-0.4, -0.2) is 35.5 Å². The number of rotatable bonds is 7. The number of ether oxygens (including phenoxy) is 2. The Labute approximate surface area is 234 Å². The molecule has 1 saturated heterocycles. The van der Waals surface area contributed by atoms with Crippen LogP contribution in [-0.2, 0) is 19.7 Å². The minimum Gasteiger partial charge on any atom is -0.481 e. The lowest BCUT2D eigenvalue weighted by molar-refractivity contribution is -0.147. The zero-order valence-corrected chi connectivity index (χ0v) is 22.4. The molecule has 1 atom stereocenters. The smallest absolute Gasteiger partial charge is 0.412 e. The molecule has 4 aromatic rings. The predicted molar refractivity (Wildman–Crippen MR) is 146 cm³/mol. The maximum atomic E-state index is 15.4. The molecular formula is C31H28F2N2O6. The van der Waals surface area contributed by atoms with Crippen molar-refractivity contribution in [2.24, 2.45) is 0 Å². The van der Waals surface area contributed by atoms with Crippen molar-refractivity contribution >= 4 is 17.7 Å². The highest BCUT2D eigenvalue weighted by Crippen LogP contribution is 2.39. The molecule has 1 amide bonds. The van der Waals surface area contributed by atoms with E-state index in [0.29, 0.717) is 37.2 Å². The summed E-state index contributed by atoms with van der Waals surface area (Å²) in [4.78, 5) is 24.7. The zero-order valence-electron chi connectivity index (χ0n) is 22.4. The summed E-state index contributed by atoms with van der Waals surface area (Å²) in [5.41, 5.74) is 0.708. The van der Waals surface area contributed by atoms with Crippen LogP contribution in [0, 0.1) is 18.6 Å². The predicted octanol–water partition coefficient (Wildman–Crippen LogP) is 7.04. The molecular weight excluding hydrogens is 534 g/mol. The second kappa shape index (κ2) is 11.5. The fourth-order valence-electron chi connectivity index (χ4n) is 5.04. The van der Waals surface area contributed by atoms with E-state index >= 15 is 8.78 Å². The van der Waals surface area contributed by atoms with E-state index in [-0.39, 0.29) is 28.3 Å². The van der Waals surface area contributed by atoms with Gasteiger partial charge in [0.1, 0.15) is 29.1 Å². The highest BCUT2D eigenvalue weighted by molar-refractivity contribution is 5.91. The van der Waals surface area contributed by atoms with Gasteiger partial charge < -0.3 is 19.1 Å². The molecule has 0 spiro atoms. The van der Waals surface area contributed by atoms with Gasteiger partial charge in [0.25, 0.3) is 0 Å². The first-order valence-corrected chi connectivity index (χ1v) is 13.1. The Hall–Kier alpha value is -4.57. The Balaban J connectivity index is 1.39. The summed E-state index contributed by atoms with van der Waals surface area (Å²) < 4.78 is 46.8. The molecule has 10 heteroatoms. The van der Waals surface area contributed by atoms with Crippen LogP contribution in [0.3, 0.4) is 0 Å². The molecule has 0 aliphatic carbocycles. The molecule has 0 saturated carbocycles. The Bertz CT molecular complexity index is 1560. The largest absolute Gasteiger partial charge is 0.481 e. The Morgan fingerprint density at radius 2 is 1.63 bits per heavy atom. The quantitative estimate of drug-likeness (QED) is 0.249. The Morgan fingerprint density at radius 1 is 1.00 bits per heavy atom. The number of carboxylic acid groups (broad SMARTS) is 1. The van der Waals surface area contributed by atoms with E-state index in [1.807, 2.05) is 30.3 Å². The number of nitrogens with one attached hydrogen (secondary N) is 1. The number of aromatic nitrogens is 1. The first-order chi connectivity index (χ1) is 19.7. The summed E-state index contributed by atoms with van der Waals surface area (Å²) in [6.07, 6.45) is -0.720. The van der Waals surface area contributed by atoms with Gasteiger partial charge in [0.05, 0.1) is 11.0 Å². The number of carbonyl (C=O) groups excluding carboxylic acids is 1. The standard InChI is InChI=1S/C31H28F2N2O6/c1-18-27(34-30(38)40-19(2)20-6-4-3-5-7-20)28(41-35-18)24-17-25(32)23(16-26(24)33)21-8-10-22(11-9-21)31(29(36)37)12-14-39-15-13-31/h3-11,16-17,19H,12-15H2,1-2H3,(H,34,38)(H,36,37)/t19-/m1/s1. The molecule has 1 aliphatic heterocycles. The van der Waals surface area contributed by atoms with E-state index in [1.165, 1.54) is 0 Å². The number of aliphatic carboxylic acids is 1. The summed E-state index contributed by atoms with van der Waals surface area (Å²) in [6.45, 7) is 3.92. The number of benzene rings is 3. The monoisotopic (exact) mass is 562 g/mol.